The number of carbonyl (C=O) groups excluding carboxylic acids is 4. The van der Waals surface area contributed by atoms with Crippen molar-refractivity contribution in [1.82, 2.24) is 25.9 Å². The Morgan fingerprint density at radius 3 is 1.62 bits per heavy atom. The number of carbonyl (C=O) groups is 4. The van der Waals surface area contributed by atoms with Gasteiger partial charge in [-0.05, 0) is 44.2 Å². The maximum absolute atomic E-state index is 12.4. The summed E-state index contributed by atoms with van der Waals surface area (Å²) in [5.41, 5.74) is 7.97. The van der Waals surface area contributed by atoms with Crippen LogP contribution in [0, 0.1) is 0 Å². The molecule has 2 aromatic heterocycles. The lowest BCUT2D eigenvalue weighted by Crippen LogP contribution is -2.35. The smallest absolute Gasteiger partial charge is 0.271 e. The molecule has 0 unspecified atom stereocenters. The number of benzene rings is 2. The van der Waals surface area contributed by atoms with Crippen LogP contribution < -0.4 is 31.2 Å². The maximum atomic E-state index is 12.4. The standard InChI is InChI=1S/C19H23N3O4.C15H17N3O3.C4H8O.6H2/c1-12(13-6-4-3-5-7-13)26-16-10-15(22-17(16)19(24)20-2)18(23)21-14-8-9-25-11-14;1-9(10-6-4-3-5-7-10)21-12-8-11(14(16)19)18-13(12)15(20)17-2;1-2-4-5-3-1;;;;;;/h3-7,10,12,14,22H,8-9,11H2,1-2H3,(H,20,24)(H,21,23);3-9,18H,1-2H3,(H2,16,19)(H,17,20);1-4H2;6*1H/t12-,14+;9-;;;;;;;/m00......./s1. The van der Waals surface area contributed by atoms with Crippen LogP contribution in [0.1, 0.15) is 107 Å². The third-order valence-electron chi connectivity index (χ3n) is 8.22. The van der Waals surface area contributed by atoms with E-state index < -0.39 is 5.91 Å². The van der Waals surface area contributed by atoms with Crippen molar-refractivity contribution in [1.29, 1.82) is 0 Å². The molecule has 2 fully saturated rings. The molecule has 6 rings (SSSR count). The summed E-state index contributed by atoms with van der Waals surface area (Å²) in [6, 6.07) is 22.2. The molecule has 2 aromatic carbocycles. The number of rotatable bonds is 11. The quantitative estimate of drug-likeness (QED) is 0.109. The van der Waals surface area contributed by atoms with Crippen LogP contribution in [-0.4, -0.2) is 80.2 Å². The molecule has 0 aliphatic carbocycles. The Morgan fingerprint density at radius 1 is 0.731 bits per heavy atom. The zero-order chi connectivity index (χ0) is 37.5. The highest BCUT2D eigenvalue weighted by atomic mass is 16.5. The maximum Gasteiger partial charge on any atom is 0.271 e. The molecule has 0 radical (unpaired) electrons. The van der Waals surface area contributed by atoms with Crippen molar-refractivity contribution in [3.63, 3.8) is 0 Å². The van der Waals surface area contributed by atoms with Gasteiger partial charge in [0.15, 0.2) is 11.5 Å². The van der Waals surface area contributed by atoms with Gasteiger partial charge in [0, 0.05) is 54.6 Å². The molecule has 4 aromatic rings. The van der Waals surface area contributed by atoms with Crippen LogP contribution in [0.5, 0.6) is 11.5 Å². The van der Waals surface area contributed by atoms with E-state index in [0.29, 0.717) is 24.7 Å². The van der Waals surface area contributed by atoms with Gasteiger partial charge in [-0.3, -0.25) is 19.2 Å². The van der Waals surface area contributed by atoms with E-state index in [0.717, 1.165) is 30.8 Å². The van der Waals surface area contributed by atoms with E-state index in [1.54, 1.807) is 6.07 Å². The SMILES string of the molecule is C1CCOC1.CNC(=O)c1[nH]c(C(=O)N[C@@H]2CCOC2)cc1O[C@@H](C)c1ccccc1.CNC(=O)c1[nH]c(C(N)=O)cc1O[C@@H](C)c1ccccc1.[HH].[HH].[HH].[HH].[HH].[HH]. The number of amides is 4. The predicted octanol–water partition coefficient (Wildman–Crippen LogP) is 5.92. The van der Waals surface area contributed by atoms with Crippen molar-refractivity contribution in [3.8, 4) is 11.5 Å². The van der Waals surface area contributed by atoms with Gasteiger partial charge in [-0.15, -0.1) is 0 Å². The highest BCUT2D eigenvalue weighted by Gasteiger charge is 2.24. The molecule has 3 atom stereocenters. The first kappa shape index (κ1) is 39.2. The minimum absolute atomic E-state index is 0. The predicted molar refractivity (Wildman–Crippen MR) is 207 cm³/mol. The van der Waals surface area contributed by atoms with Gasteiger partial charge < -0.3 is 50.6 Å². The van der Waals surface area contributed by atoms with Gasteiger partial charge >= 0.3 is 0 Å². The van der Waals surface area contributed by atoms with Crippen molar-refractivity contribution in [3.05, 3.63) is 107 Å². The number of hydrogen-bond acceptors (Lipinski definition) is 8. The van der Waals surface area contributed by atoms with E-state index in [2.05, 4.69) is 25.9 Å². The molecule has 14 nitrogen and oxygen atoms in total. The van der Waals surface area contributed by atoms with Crippen LogP contribution in [0.25, 0.3) is 0 Å². The van der Waals surface area contributed by atoms with Crippen LogP contribution in [0.3, 0.4) is 0 Å². The molecule has 2 aliphatic heterocycles. The van der Waals surface area contributed by atoms with Gasteiger partial charge in [0.2, 0.25) is 0 Å². The number of aromatic nitrogens is 2. The van der Waals surface area contributed by atoms with E-state index in [1.165, 1.54) is 33.0 Å². The fraction of sp³-hybridized carbons (Fsp3) is 0.368. The summed E-state index contributed by atoms with van der Waals surface area (Å²) in [4.78, 5) is 53.2. The normalized spacial score (nSPS) is 15.8. The second-order valence-corrected chi connectivity index (χ2v) is 12.1. The van der Waals surface area contributed by atoms with Gasteiger partial charge in [0.1, 0.15) is 35.0 Å². The highest BCUT2D eigenvalue weighted by Crippen LogP contribution is 2.28. The number of nitrogens with two attached hydrogens (primary N) is 1. The Morgan fingerprint density at radius 2 is 1.21 bits per heavy atom. The number of aromatic amines is 2. The monoisotopic (exact) mass is 728 g/mol. The number of primary amides is 1. The molecule has 14 heteroatoms. The van der Waals surface area contributed by atoms with E-state index >= 15 is 0 Å². The molecule has 0 spiro atoms. The molecule has 0 saturated carbocycles. The third kappa shape index (κ3) is 11.2. The minimum Gasteiger partial charge on any atom is -0.484 e. The fourth-order valence-electron chi connectivity index (χ4n) is 5.29. The summed E-state index contributed by atoms with van der Waals surface area (Å²) < 4.78 is 22.0. The number of hydrogen-bond donors (Lipinski definition) is 6. The third-order valence-corrected chi connectivity index (χ3v) is 8.22. The topological polar surface area (TPSA) is 199 Å². The Balaban J connectivity index is -0.000000860. The van der Waals surface area contributed by atoms with Crippen molar-refractivity contribution >= 4 is 23.6 Å². The zero-order valence-corrected chi connectivity index (χ0v) is 30.0. The Labute approximate surface area is 312 Å². The van der Waals surface area contributed by atoms with Crippen LogP contribution in [-0.2, 0) is 9.47 Å². The molecule has 4 amide bonds. The van der Waals surface area contributed by atoms with Crippen LogP contribution in [0.4, 0.5) is 0 Å². The van der Waals surface area contributed by atoms with Crippen molar-refractivity contribution in [2.45, 2.75) is 51.4 Å². The summed E-state index contributed by atoms with van der Waals surface area (Å²) in [6.07, 6.45) is 2.80. The molecule has 4 heterocycles. The molecule has 7 N–H and O–H groups in total. The van der Waals surface area contributed by atoms with E-state index in [9.17, 15) is 19.2 Å². The molecule has 2 aliphatic rings. The lowest BCUT2D eigenvalue weighted by atomic mass is 10.1. The van der Waals surface area contributed by atoms with Gasteiger partial charge in [-0.1, -0.05) is 60.7 Å². The van der Waals surface area contributed by atoms with Gasteiger partial charge in [-0.25, -0.2) is 0 Å². The second-order valence-electron chi connectivity index (χ2n) is 12.1. The summed E-state index contributed by atoms with van der Waals surface area (Å²) in [7, 11) is 3.03. The number of ether oxygens (including phenoxy) is 4. The average molecular weight is 729 g/mol. The zero-order valence-electron chi connectivity index (χ0n) is 30.0. The Hall–Kier alpha value is -5.60. The molecule has 2 saturated heterocycles. The minimum atomic E-state index is -0.651. The second kappa shape index (κ2) is 19.7. The first-order chi connectivity index (χ1) is 25.1. The Kier molecular flexibility index (Phi) is 14.8. The van der Waals surface area contributed by atoms with Crippen LogP contribution in [0.2, 0.25) is 0 Å². The fourth-order valence-corrected chi connectivity index (χ4v) is 5.29. The molecule has 290 valence electrons. The largest absolute Gasteiger partial charge is 0.484 e. The van der Waals surface area contributed by atoms with Gasteiger partial charge in [0.25, 0.3) is 23.6 Å². The summed E-state index contributed by atoms with van der Waals surface area (Å²) in [5.74, 6) is -1.02. The van der Waals surface area contributed by atoms with E-state index in [4.69, 9.17) is 24.7 Å². The first-order valence-electron chi connectivity index (χ1n) is 17.2. The molecule has 0 bridgehead atoms. The van der Waals surface area contributed by atoms with Crippen molar-refractivity contribution < 1.29 is 46.7 Å². The van der Waals surface area contributed by atoms with Gasteiger partial charge in [0.05, 0.1) is 12.6 Å². The lowest BCUT2D eigenvalue weighted by Gasteiger charge is -2.14. The summed E-state index contributed by atoms with van der Waals surface area (Å²) >= 11 is 0. The first-order valence-corrected chi connectivity index (χ1v) is 17.2. The van der Waals surface area contributed by atoms with E-state index in [1.807, 2.05) is 74.5 Å². The van der Waals surface area contributed by atoms with Crippen LogP contribution in [0.15, 0.2) is 72.8 Å². The number of H-pyrrole nitrogens is 2. The highest BCUT2D eigenvalue weighted by molar-refractivity contribution is 6.00. The molecular formula is C38H60N6O8. The van der Waals surface area contributed by atoms with Crippen LogP contribution >= 0.6 is 0 Å². The average Bonchev–Trinajstić information content (AvgIpc) is 4.01. The summed E-state index contributed by atoms with van der Waals surface area (Å²) in [6.45, 7) is 6.90. The lowest BCUT2D eigenvalue weighted by molar-refractivity contribution is 0.0921. The summed E-state index contributed by atoms with van der Waals surface area (Å²) in [5, 5.41) is 7.94. The molecular weight excluding hydrogens is 668 g/mol. The van der Waals surface area contributed by atoms with Crippen molar-refractivity contribution in [2.75, 3.05) is 40.5 Å². The van der Waals surface area contributed by atoms with Gasteiger partial charge in [-0.2, -0.15) is 0 Å². The number of nitrogens with one attached hydrogen (secondary N) is 5. The molecule has 52 heavy (non-hydrogen) atoms. The Bertz CT molecular complexity index is 1770. The van der Waals surface area contributed by atoms with E-state index in [-0.39, 0.29) is 67.3 Å². The van der Waals surface area contributed by atoms with Crippen molar-refractivity contribution in [2.24, 2.45) is 5.73 Å².